The lowest BCUT2D eigenvalue weighted by Crippen LogP contribution is -2.45. The van der Waals surface area contributed by atoms with E-state index in [1.165, 1.54) is 0 Å². The Hall–Kier alpha value is -0.290. The van der Waals surface area contributed by atoms with Gasteiger partial charge in [0.15, 0.2) is 0 Å². The number of ether oxygens (including phenoxy) is 1. The molecule has 1 N–H and O–H groups in total. The molecule has 0 aromatic heterocycles. The predicted molar refractivity (Wildman–Crippen MR) is 65.6 cm³/mol. The fourth-order valence-electron chi connectivity index (χ4n) is 2.47. The molecule has 0 amide bonds. The van der Waals surface area contributed by atoms with E-state index in [1.54, 1.807) is 0 Å². The van der Waals surface area contributed by atoms with Crippen LogP contribution in [-0.4, -0.2) is 31.5 Å². The molecular weight excluding hydrogens is 243 g/mol. The molecule has 1 aliphatic rings. The second-order valence-corrected chi connectivity index (χ2v) is 5.18. The number of hydrogen-bond acceptors (Lipinski definition) is 2. The van der Waals surface area contributed by atoms with Crippen LogP contribution in [0.2, 0.25) is 0 Å². The Morgan fingerprint density at radius 2 is 1.72 bits per heavy atom. The van der Waals surface area contributed by atoms with E-state index in [0.29, 0.717) is 6.54 Å². The van der Waals surface area contributed by atoms with Gasteiger partial charge in [0, 0.05) is 6.54 Å². The van der Waals surface area contributed by atoms with Gasteiger partial charge in [0.2, 0.25) is 0 Å². The van der Waals surface area contributed by atoms with Gasteiger partial charge in [-0.1, -0.05) is 32.6 Å². The standard InChI is InChI=1S/C13H24F3NO/c1-2-9-17-10-12(18-11-13(14,15)16)7-5-3-4-6-8-12/h17H,2-11H2,1H3. The van der Waals surface area contributed by atoms with Gasteiger partial charge < -0.3 is 10.1 Å². The van der Waals surface area contributed by atoms with Gasteiger partial charge in [-0.2, -0.15) is 13.2 Å². The van der Waals surface area contributed by atoms with Crippen molar-refractivity contribution in [1.29, 1.82) is 0 Å². The van der Waals surface area contributed by atoms with Gasteiger partial charge in [-0.05, 0) is 25.8 Å². The van der Waals surface area contributed by atoms with Gasteiger partial charge in [0.05, 0.1) is 5.60 Å². The zero-order chi connectivity index (χ0) is 13.5. The maximum atomic E-state index is 12.3. The van der Waals surface area contributed by atoms with Crippen LogP contribution in [0, 0.1) is 0 Å². The fourth-order valence-corrected chi connectivity index (χ4v) is 2.47. The van der Waals surface area contributed by atoms with Crippen LogP contribution in [-0.2, 0) is 4.74 Å². The van der Waals surface area contributed by atoms with Gasteiger partial charge in [-0.15, -0.1) is 0 Å². The molecule has 2 nitrogen and oxygen atoms in total. The molecule has 0 bridgehead atoms. The lowest BCUT2D eigenvalue weighted by atomic mass is 9.94. The number of halogens is 3. The SMILES string of the molecule is CCCNCC1(OCC(F)(F)F)CCCCCC1. The van der Waals surface area contributed by atoms with Crippen molar-refractivity contribution in [3.63, 3.8) is 0 Å². The predicted octanol–water partition coefficient (Wildman–Crippen LogP) is 3.66. The van der Waals surface area contributed by atoms with E-state index in [9.17, 15) is 13.2 Å². The molecule has 0 aromatic carbocycles. The van der Waals surface area contributed by atoms with Crippen LogP contribution < -0.4 is 5.32 Å². The largest absolute Gasteiger partial charge is 0.411 e. The molecule has 1 fully saturated rings. The van der Waals surface area contributed by atoms with Crippen LogP contribution in [0.3, 0.4) is 0 Å². The molecule has 5 heteroatoms. The highest BCUT2D eigenvalue weighted by atomic mass is 19.4. The van der Waals surface area contributed by atoms with Crippen molar-refractivity contribution in [1.82, 2.24) is 5.32 Å². The first-order chi connectivity index (χ1) is 8.47. The van der Waals surface area contributed by atoms with Crippen LogP contribution in [0.25, 0.3) is 0 Å². The Bertz CT molecular complexity index is 223. The summed E-state index contributed by atoms with van der Waals surface area (Å²) >= 11 is 0. The van der Waals surface area contributed by atoms with Crippen molar-refractivity contribution in [3.05, 3.63) is 0 Å². The van der Waals surface area contributed by atoms with E-state index < -0.39 is 18.4 Å². The van der Waals surface area contributed by atoms with Crippen molar-refractivity contribution in [3.8, 4) is 0 Å². The smallest absolute Gasteiger partial charge is 0.364 e. The van der Waals surface area contributed by atoms with Gasteiger partial charge in [0.25, 0.3) is 0 Å². The third kappa shape index (κ3) is 6.05. The third-order valence-corrected chi connectivity index (χ3v) is 3.43. The zero-order valence-electron chi connectivity index (χ0n) is 11.1. The monoisotopic (exact) mass is 267 g/mol. The molecule has 0 aromatic rings. The maximum absolute atomic E-state index is 12.3. The summed E-state index contributed by atoms with van der Waals surface area (Å²) in [7, 11) is 0. The van der Waals surface area contributed by atoms with E-state index in [2.05, 4.69) is 5.32 Å². The Labute approximate surface area is 107 Å². The Balaban J connectivity index is 2.54. The van der Waals surface area contributed by atoms with Crippen molar-refractivity contribution in [2.24, 2.45) is 0 Å². The molecule has 1 rings (SSSR count). The second kappa shape index (κ2) is 7.34. The molecule has 0 aliphatic heterocycles. The minimum atomic E-state index is -4.23. The van der Waals surface area contributed by atoms with Crippen LogP contribution in [0.1, 0.15) is 51.9 Å². The molecule has 1 aliphatic carbocycles. The topological polar surface area (TPSA) is 21.3 Å². The Morgan fingerprint density at radius 3 is 2.22 bits per heavy atom. The average molecular weight is 267 g/mol. The Kier molecular flexibility index (Phi) is 6.43. The average Bonchev–Trinajstić information content (AvgIpc) is 2.53. The fraction of sp³-hybridized carbons (Fsp3) is 1.00. The highest BCUT2D eigenvalue weighted by Crippen LogP contribution is 2.32. The highest BCUT2D eigenvalue weighted by Gasteiger charge is 2.37. The van der Waals surface area contributed by atoms with Crippen molar-refractivity contribution < 1.29 is 17.9 Å². The summed E-state index contributed by atoms with van der Waals surface area (Å²) in [6.45, 7) is 2.29. The van der Waals surface area contributed by atoms with Gasteiger partial charge >= 0.3 is 6.18 Å². The molecule has 0 unspecified atom stereocenters. The molecular formula is C13H24F3NO. The quantitative estimate of drug-likeness (QED) is 0.586. The normalized spacial score (nSPS) is 20.7. The highest BCUT2D eigenvalue weighted by molar-refractivity contribution is 4.86. The molecule has 0 saturated heterocycles. The first-order valence-electron chi connectivity index (χ1n) is 6.89. The molecule has 0 spiro atoms. The Morgan fingerprint density at radius 1 is 1.11 bits per heavy atom. The van der Waals surface area contributed by atoms with E-state index in [4.69, 9.17) is 4.74 Å². The second-order valence-electron chi connectivity index (χ2n) is 5.18. The summed E-state index contributed by atoms with van der Waals surface area (Å²) < 4.78 is 42.2. The molecule has 0 atom stereocenters. The lowest BCUT2D eigenvalue weighted by molar-refractivity contribution is -0.207. The summed E-state index contributed by atoms with van der Waals surface area (Å²) in [6.07, 6.45) is 2.35. The van der Waals surface area contributed by atoms with Crippen LogP contribution in [0.4, 0.5) is 13.2 Å². The van der Waals surface area contributed by atoms with Gasteiger partial charge in [0.1, 0.15) is 6.61 Å². The maximum Gasteiger partial charge on any atom is 0.411 e. The number of nitrogens with one attached hydrogen (secondary N) is 1. The first kappa shape index (κ1) is 15.8. The molecule has 0 radical (unpaired) electrons. The van der Waals surface area contributed by atoms with E-state index in [1.807, 2.05) is 6.92 Å². The zero-order valence-corrected chi connectivity index (χ0v) is 11.1. The minimum absolute atomic E-state index is 0.539. The summed E-state index contributed by atoms with van der Waals surface area (Å²) in [5.41, 5.74) is -0.610. The van der Waals surface area contributed by atoms with Crippen molar-refractivity contribution in [2.45, 2.75) is 63.6 Å². The molecule has 1 saturated carbocycles. The van der Waals surface area contributed by atoms with E-state index in [-0.39, 0.29) is 0 Å². The summed E-state index contributed by atoms with van der Waals surface area (Å²) in [5, 5.41) is 3.22. The van der Waals surface area contributed by atoms with Crippen molar-refractivity contribution >= 4 is 0 Å². The summed E-state index contributed by atoms with van der Waals surface area (Å²) in [5.74, 6) is 0. The van der Waals surface area contributed by atoms with Gasteiger partial charge in [-0.25, -0.2) is 0 Å². The number of rotatable bonds is 6. The molecule has 108 valence electrons. The van der Waals surface area contributed by atoms with Crippen LogP contribution in [0.5, 0.6) is 0 Å². The number of hydrogen-bond donors (Lipinski definition) is 1. The minimum Gasteiger partial charge on any atom is -0.364 e. The molecule has 0 heterocycles. The van der Waals surface area contributed by atoms with Crippen molar-refractivity contribution in [2.75, 3.05) is 19.7 Å². The van der Waals surface area contributed by atoms with Crippen LogP contribution in [0.15, 0.2) is 0 Å². The van der Waals surface area contributed by atoms with E-state index in [0.717, 1.165) is 51.5 Å². The molecule has 18 heavy (non-hydrogen) atoms. The van der Waals surface area contributed by atoms with Crippen LogP contribution >= 0.6 is 0 Å². The third-order valence-electron chi connectivity index (χ3n) is 3.43. The summed E-state index contributed by atoms with van der Waals surface area (Å²) in [6, 6.07) is 0. The van der Waals surface area contributed by atoms with Gasteiger partial charge in [-0.3, -0.25) is 0 Å². The summed E-state index contributed by atoms with van der Waals surface area (Å²) in [4.78, 5) is 0. The van der Waals surface area contributed by atoms with E-state index >= 15 is 0 Å². The number of alkyl halides is 3. The first-order valence-corrected chi connectivity index (χ1v) is 6.89. The lowest BCUT2D eigenvalue weighted by Gasteiger charge is -2.33.